The van der Waals surface area contributed by atoms with Crippen LogP contribution in [0.15, 0.2) is 48.5 Å². The van der Waals surface area contributed by atoms with Gasteiger partial charge in [0.15, 0.2) is 0 Å². The first-order chi connectivity index (χ1) is 10.7. The van der Waals surface area contributed by atoms with Gasteiger partial charge in [0.25, 0.3) is 0 Å². The van der Waals surface area contributed by atoms with Gasteiger partial charge in [-0.2, -0.15) is 5.26 Å². The predicted octanol–water partition coefficient (Wildman–Crippen LogP) is 5.36. The molecule has 23 heavy (non-hydrogen) atoms. The lowest BCUT2D eigenvalue weighted by atomic mass is 9.80. The lowest BCUT2D eigenvalue weighted by Gasteiger charge is -2.25. The molecule has 2 aromatic rings. The van der Waals surface area contributed by atoms with Crippen molar-refractivity contribution in [1.82, 2.24) is 0 Å². The van der Waals surface area contributed by atoms with Crippen LogP contribution < -0.4 is 4.74 Å². The molecule has 0 unspecified atom stereocenters. The van der Waals surface area contributed by atoms with Gasteiger partial charge in [0, 0.05) is 5.56 Å². The van der Waals surface area contributed by atoms with Gasteiger partial charge in [0.2, 0.25) is 0 Å². The second-order valence-corrected chi connectivity index (χ2v) is 7.47. The molecular formula is C21H25NO. The fraction of sp³-hybridized carbons (Fsp3) is 0.381. The van der Waals surface area contributed by atoms with Crippen LogP contribution in [0, 0.1) is 11.3 Å². The lowest BCUT2D eigenvalue weighted by molar-refractivity contribution is 0.299. The van der Waals surface area contributed by atoms with Crippen molar-refractivity contribution in [1.29, 1.82) is 5.26 Å². The first-order valence-corrected chi connectivity index (χ1v) is 7.97. The molecule has 0 aliphatic carbocycles. The van der Waals surface area contributed by atoms with Gasteiger partial charge in [0.05, 0.1) is 11.5 Å². The summed E-state index contributed by atoms with van der Waals surface area (Å²) in [5, 5.41) is 9.55. The minimum Gasteiger partial charge on any atom is -0.489 e. The Kier molecular flexibility index (Phi) is 4.80. The number of benzene rings is 2. The zero-order valence-corrected chi connectivity index (χ0v) is 14.7. The zero-order chi connectivity index (χ0) is 17.1. The third-order valence-corrected chi connectivity index (χ3v) is 4.04. The maximum absolute atomic E-state index is 9.55. The third kappa shape index (κ3) is 4.13. The van der Waals surface area contributed by atoms with E-state index in [4.69, 9.17) is 4.74 Å². The van der Waals surface area contributed by atoms with Crippen LogP contribution in [0.25, 0.3) is 0 Å². The molecule has 2 nitrogen and oxygen atoms in total. The summed E-state index contributed by atoms with van der Waals surface area (Å²) in [6.07, 6.45) is 0. The summed E-state index contributed by atoms with van der Waals surface area (Å²) >= 11 is 0. The average Bonchev–Trinajstić information content (AvgIpc) is 2.53. The van der Waals surface area contributed by atoms with Gasteiger partial charge in [-0.3, -0.25) is 0 Å². The zero-order valence-electron chi connectivity index (χ0n) is 14.7. The van der Waals surface area contributed by atoms with Crippen molar-refractivity contribution in [2.24, 2.45) is 0 Å². The molecular weight excluding hydrogens is 282 g/mol. The molecule has 2 rings (SSSR count). The summed E-state index contributed by atoms with van der Waals surface area (Å²) in [4.78, 5) is 0. The van der Waals surface area contributed by atoms with E-state index in [1.807, 2.05) is 50.2 Å². The third-order valence-electron chi connectivity index (χ3n) is 4.04. The second-order valence-electron chi connectivity index (χ2n) is 7.47. The molecule has 0 saturated heterocycles. The van der Waals surface area contributed by atoms with Gasteiger partial charge in [-0.05, 0) is 42.5 Å². The number of hydrogen-bond acceptors (Lipinski definition) is 2. The average molecular weight is 307 g/mol. The van der Waals surface area contributed by atoms with Crippen LogP contribution in [-0.4, -0.2) is 0 Å². The van der Waals surface area contributed by atoms with Crippen LogP contribution in [-0.2, 0) is 17.4 Å². The van der Waals surface area contributed by atoms with Gasteiger partial charge in [-0.25, -0.2) is 0 Å². The van der Waals surface area contributed by atoms with Gasteiger partial charge in [-0.15, -0.1) is 0 Å². The van der Waals surface area contributed by atoms with E-state index in [2.05, 4.69) is 39.0 Å². The SMILES string of the molecule is CC(C)(C)c1ccc(OCc2ccccc2)c(C(C)(C)C#N)c1. The van der Waals surface area contributed by atoms with Gasteiger partial charge in [0.1, 0.15) is 12.4 Å². The lowest BCUT2D eigenvalue weighted by Crippen LogP contribution is -2.19. The maximum Gasteiger partial charge on any atom is 0.124 e. The van der Waals surface area contributed by atoms with Crippen LogP contribution in [0.3, 0.4) is 0 Å². The quantitative estimate of drug-likeness (QED) is 0.761. The van der Waals surface area contributed by atoms with Crippen molar-refractivity contribution in [3.63, 3.8) is 0 Å². The Bertz CT molecular complexity index is 703. The van der Waals surface area contributed by atoms with Crippen molar-refractivity contribution < 1.29 is 4.74 Å². The van der Waals surface area contributed by atoms with Crippen LogP contribution in [0.2, 0.25) is 0 Å². The second kappa shape index (κ2) is 6.46. The van der Waals surface area contributed by atoms with Gasteiger partial charge < -0.3 is 4.74 Å². The standard InChI is InChI=1S/C21H25NO/c1-20(2,3)17-11-12-19(18(13-17)21(4,5)15-22)23-14-16-9-7-6-8-10-16/h6-13H,14H2,1-5H3. The topological polar surface area (TPSA) is 33.0 Å². The van der Waals surface area contributed by atoms with Crippen molar-refractivity contribution in [2.75, 3.05) is 0 Å². The summed E-state index contributed by atoms with van der Waals surface area (Å²) < 4.78 is 6.03. The van der Waals surface area contributed by atoms with Crippen LogP contribution in [0.1, 0.15) is 51.3 Å². The van der Waals surface area contributed by atoms with Crippen LogP contribution in [0.5, 0.6) is 5.75 Å². The van der Waals surface area contributed by atoms with E-state index < -0.39 is 5.41 Å². The molecule has 0 N–H and O–H groups in total. The van der Waals surface area contributed by atoms with Crippen LogP contribution >= 0.6 is 0 Å². The monoisotopic (exact) mass is 307 g/mol. The minimum atomic E-state index is -0.590. The fourth-order valence-electron chi connectivity index (χ4n) is 2.41. The van der Waals surface area contributed by atoms with Crippen molar-refractivity contribution in [3.8, 4) is 11.8 Å². The molecule has 0 aromatic heterocycles. The van der Waals surface area contributed by atoms with E-state index in [0.717, 1.165) is 16.9 Å². The summed E-state index contributed by atoms with van der Waals surface area (Å²) in [6.45, 7) is 10.9. The van der Waals surface area contributed by atoms with E-state index in [0.29, 0.717) is 6.61 Å². The minimum absolute atomic E-state index is 0.0399. The summed E-state index contributed by atoms with van der Waals surface area (Å²) in [7, 11) is 0. The molecule has 0 amide bonds. The Labute approximate surface area is 139 Å². The van der Waals surface area contributed by atoms with Crippen molar-refractivity contribution >= 4 is 0 Å². The molecule has 0 spiro atoms. The van der Waals surface area contributed by atoms with Crippen LogP contribution in [0.4, 0.5) is 0 Å². The highest BCUT2D eigenvalue weighted by atomic mass is 16.5. The molecule has 120 valence electrons. The Morgan fingerprint density at radius 3 is 2.17 bits per heavy atom. The summed E-state index contributed by atoms with van der Waals surface area (Å²) in [6, 6.07) is 18.7. The largest absolute Gasteiger partial charge is 0.489 e. The Balaban J connectivity index is 2.37. The number of rotatable bonds is 4. The molecule has 0 aliphatic heterocycles. The number of hydrogen-bond donors (Lipinski definition) is 0. The number of ether oxygens (including phenoxy) is 1. The molecule has 0 heterocycles. The Hall–Kier alpha value is -2.27. The van der Waals surface area contributed by atoms with E-state index in [9.17, 15) is 5.26 Å². The molecule has 0 bridgehead atoms. The molecule has 0 fully saturated rings. The number of nitrogens with zero attached hydrogens (tertiary/aromatic N) is 1. The normalized spacial score (nSPS) is 11.8. The Morgan fingerprint density at radius 2 is 1.61 bits per heavy atom. The molecule has 0 saturated carbocycles. The molecule has 2 aromatic carbocycles. The van der Waals surface area contributed by atoms with Gasteiger partial charge in [-0.1, -0.05) is 57.2 Å². The Morgan fingerprint density at radius 1 is 0.957 bits per heavy atom. The highest BCUT2D eigenvalue weighted by Gasteiger charge is 2.26. The van der Waals surface area contributed by atoms with Crippen molar-refractivity contribution in [2.45, 2.75) is 52.1 Å². The van der Waals surface area contributed by atoms with Gasteiger partial charge >= 0.3 is 0 Å². The fourth-order valence-corrected chi connectivity index (χ4v) is 2.41. The first kappa shape index (κ1) is 17.1. The first-order valence-electron chi connectivity index (χ1n) is 7.97. The molecule has 0 aliphatic rings. The summed E-state index contributed by atoms with van der Waals surface area (Å²) in [5.41, 5.74) is 2.73. The highest BCUT2D eigenvalue weighted by molar-refractivity contribution is 5.46. The predicted molar refractivity (Wildman–Crippen MR) is 94.6 cm³/mol. The summed E-state index contributed by atoms with van der Waals surface area (Å²) in [5.74, 6) is 0.786. The smallest absolute Gasteiger partial charge is 0.124 e. The van der Waals surface area contributed by atoms with E-state index in [-0.39, 0.29) is 5.41 Å². The number of nitriles is 1. The maximum atomic E-state index is 9.55. The highest BCUT2D eigenvalue weighted by Crippen LogP contribution is 2.35. The van der Waals surface area contributed by atoms with E-state index in [1.165, 1.54) is 5.56 Å². The van der Waals surface area contributed by atoms with E-state index in [1.54, 1.807) is 0 Å². The molecule has 0 radical (unpaired) electrons. The molecule has 0 atom stereocenters. The molecule has 2 heteroatoms. The van der Waals surface area contributed by atoms with E-state index >= 15 is 0 Å². The van der Waals surface area contributed by atoms with Crippen molar-refractivity contribution in [3.05, 3.63) is 65.2 Å².